The van der Waals surface area contributed by atoms with Crippen LogP contribution in [0.2, 0.25) is 0 Å². The minimum atomic E-state index is -0.294. The molecule has 0 saturated carbocycles. The highest BCUT2D eigenvalue weighted by Gasteiger charge is 2.47. The number of imide groups is 1. The summed E-state index contributed by atoms with van der Waals surface area (Å²) in [7, 11) is 0. The normalized spacial score (nSPS) is 21.5. The van der Waals surface area contributed by atoms with Gasteiger partial charge in [-0.3, -0.25) is 29.4 Å². The number of benzene rings is 1. The number of allylic oxidation sites excluding steroid dienone is 2. The lowest BCUT2D eigenvalue weighted by Crippen LogP contribution is -2.31. The minimum absolute atomic E-state index is 0.177. The van der Waals surface area contributed by atoms with E-state index in [1.54, 1.807) is 28.9 Å². The zero-order valence-electron chi connectivity index (χ0n) is 15.3. The molecule has 1 aliphatic heterocycles. The highest BCUT2D eigenvalue weighted by molar-refractivity contribution is 6.22. The molecule has 0 spiro atoms. The number of aromatic nitrogens is 1. The van der Waals surface area contributed by atoms with Gasteiger partial charge in [0.1, 0.15) is 0 Å². The molecule has 2 aromatic rings. The number of nitrogens with one attached hydrogen (secondary N) is 1. The van der Waals surface area contributed by atoms with Crippen LogP contribution >= 0.6 is 0 Å². The summed E-state index contributed by atoms with van der Waals surface area (Å²) in [6.07, 6.45) is 5.11. The van der Waals surface area contributed by atoms with Gasteiger partial charge in [0.05, 0.1) is 17.5 Å². The third kappa shape index (κ3) is 2.87. The second kappa shape index (κ2) is 6.54. The Morgan fingerprint density at radius 3 is 2.15 bits per heavy atom. The van der Waals surface area contributed by atoms with E-state index in [0.29, 0.717) is 24.1 Å². The average Bonchev–Trinajstić information content (AvgIpc) is 3.13. The summed E-state index contributed by atoms with van der Waals surface area (Å²) in [6.45, 7) is 3.81. The lowest BCUT2D eigenvalue weighted by molar-refractivity contribution is -0.122. The predicted molar refractivity (Wildman–Crippen MR) is 102 cm³/mol. The van der Waals surface area contributed by atoms with Crippen molar-refractivity contribution in [3.8, 4) is 0 Å². The standard InChI is InChI=1S/C21H21N3O3/c1-13-10-11-14(2)24(13)22-19(25)15-6-5-7-16(12-15)23-20(26)17-8-3-4-9-18(17)21(23)27/h3-7,10-12,17-18H,8-9H2,1-2H3,(H,22,25)/t17-,18-/m1/s1. The molecule has 0 unspecified atom stereocenters. The van der Waals surface area contributed by atoms with Crippen molar-refractivity contribution in [1.82, 2.24) is 4.68 Å². The van der Waals surface area contributed by atoms with Crippen molar-refractivity contribution in [3.05, 3.63) is 65.5 Å². The van der Waals surface area contributed by atoms with Gasteiger partial charge < -0.3 is 0 Å². The summed E-state index contributed by atoms with van der Waals surface area (Å²) in [5.41, 5.74) is 5.52. The minimum Gasteiger partial charge on any atom is -0.274 e. The van der Waals surface area contributed by atoms with Gasteiger partial charge in [0, 0.05) is 17.0 Å². The third-order valence-corrected chi connectivity index (χ3v) is 5.36. The molecule has 138 valence electrons. The van der Waals surface area contributed by atoms with Crippen molar-refractivity contribution in [3.63, 3.8) is 0 Å². The molecule has 1 fully saturated rings. The Hall–Kier alpha value is -3.15. The molecule has 2 heterocycles. The maximum atomic E-state index is 12.7. The summed E-state index contributed by atoms with van der Waals surface area (Å²) in [6, 6.07) is 10.5. The van der Waals surface area contributed by atoms with E-state index in [1.165, 1.54) is 4.90 Å². The van der Waals surface area contributed by atoms with Crippen molar-refractivity contribution in [2.75, 3.05) is 10.3 Å². The van der Waals surface area contributed by atoms with Crippen molar-refractivity contribution < 1.29 is 14.4 Å². The van der Waals surface area contributed by atoms with Gasteiger partial charge in [-0.2, -0.15) is 0 Å². The first kappa shape index (κ1) is 17.3. The topological polar surface area (TPSA) is 71.4 Å². The number of carbonyl (C=O) groups is 3. The van der Waals surface area contributed by atoms with E-state index >= 15 is 0 Å². The lowest BCUT2D eigenvalue weighted by atomic mass is 9.85. The molecule has 1 aliphatic carbocycles. The SMILES string of the molecule is Cc1ccc(C)n1NC(=O)c1cccc(N2C(=O)[C@@H]3CC=CC[C@H]3C2=O)c1. The third-order valence-electron chi connectivity index (χ3n) is 5.36. The van der Waals surface area contributed by atoms with Gasteiger partial charge in [0.15, 0.2) is 0 Å². The molecule has 1 saturated heterocycles. The first-order chi connectivity index (χ1) is 13.0. The largest absolute Gasteiger partial charge is 0.274 e. The fourth-order valence-electron chi connectivity index (χ4n) is 3.85. The maximum Gasteiger partial charge on any atom is 0.270 e. The average molecular weight is 363 g/mol. The van der Waals surface area contributed by atoms with Crippen LogP contribution in [0.3, 0.4) is 0 Å². The van der Waals surface area contributed by atoms with Crippen molar-refractivity contribution >= 4 is 23.4 Å². The number of carbonyl (C=O) groups excluding carboxylic acids is 3. The highest BCUT2D eigenvalue weighted by Crippen LogP contribution is 2.37. The Morgan fingerprint density at radius 1 is 0.963 bits per heavy atom. The molecule has 1 N–H and O–H groups in total. The zero-order chi connectivity index (χ0) is 19.1. The van der Waals surface area contributed by atoms with Crippen molar-refractivity contribution in [2.24, 2.45) is 11.8 Å². The van der Waals surface area contributed by atoms with Crippen LogP contribution in [-0.4, -0.2) is 22.4 Å². The molecule has 6 heteroatoms. The van der Waals surface area contributed by atoms with Gasteiger partial charge in [-0.1, -0.05) is 18.2 Å². The second-order valence-electron chi connectivity index (χ2n) is 7.11. The van der Waals surface area contributed by atoms with E-state index < -0.39 is 0 Å². The van der Waals surface area contributed by atoms with Crippen molar-refractivity contribution in [1.29, 1.82) is 0 Å². The fourth-order valence-corrected chi connectivity index (χ4v) is 3.85. The van der Waals surface area contributed by atoms with Crippen LogP contribution in [0.5, 0.6) is 0 Å². The van der Waals surface area contributed by atoms with E-state index in [2.05, 4.69) is 5.43 Å². The molecule has 1 aromatic heterocycles. The molecule has 0 bridgehead atoms. The van der Waals surface area contributed by atoms with E-state index in [1.807, 2.05) is 38.1 Å². The van der Waals surface area contributed by atoms with Gasteiger partial charge in [-0.25, -0.2) is 0 Å². The monoisotopic (exact) mass is 363 g/mol. The van der Waals surface area contributed by atoms with Crippen LogP contribution < -0.4 is 10.3 Å². The molecule has 3 amide bonds. The Balaban J connectivity index is 1.60. The molecule has 2 atom stereocenters. The van der Waals surface area contributed by atoms with Gasteiger partial charge >= 0.3 is 0 Å². The van der Waals surface area contributed by atoms with Crippen molar-refractivity contribution in [2.45, 2.75) is 26.7 Å². The number of amides is 3. The van der Waals surface area contributed by atoms with Crippen LogP contribution in [-0.2, 0) is 9.59 Å². The van der Waals surface area contributed by atoms with Crippen LogP contribution in [0.25, 0.3) is 0 Å². The number of rotatable bonds is 3. The maximum absolute atomic E-state index is 12.7. The van der Waals surface area contributed by atoms with E-state index in [-0.39, 0.29) is 29.6 Å². The van der Waals surface area contributed by atoms with Crippen LogP contribution in [0.4, 0.5) is 5.69 Å². The predicted octanol–water partition coefficient (Wildman–Crippen LogP) is 2.94. The highest BCUT2D eigenvalue weighted by atomic mass is 16.2. The Bertz CT molecular complexity index is 927. The number of hydrogen-bond acceptors (Lipinski definition) is 3. The molecular weight excluding hydrogens is 342 g/mol. The number of nitrogens with zero attached hydrogens (tertiary/aromatic N) is 2. The molecule has 27 heavy (non-hydrogen) atoms. The van der Waals surface area contributed by atoms with Gasteiger partial charge in [0.2, 0.25) is 11.8 Å². The molecule has 0 radical (unpaired) electrons. The summed E-state index contributed by atoms with van der Waals surface area (Å²) in [4.78, 5) is 39.4. The molecule has 1 aromatic carbocycles. The summed E-state index contributed by atoms with van der Waals surface area (Å²) in [5, 5.41) is 0. The number of hydrogen-bond donors (Lipinski definition) is 1. The quantitative estimate of drug-likeness (QED) is 0.673. The summed E-state index contributed by atoms with van der Waals surface area (Å²) < 4.78 is 1.71. The zero-order valence-corrected chi connectivity index (χ0v) is 15.3. The molecule has 2 aliphatic rings. The number of fused-ring (bicyclic) bond motifs is 1. The Morgan fingerprint density at radius 2 is 1.56 bits per heavy atom. The number of anilines is 1. The Labute approximate surface area is 157 Å². The summed E-state index contributed by atoms with van der Waals surface area (Å²) >= 11 is 0. The molecule has 6 nitrogen and oxygen atoms in total. The lowest BCUT2D eigenvalue weighted by Gasteiger charge is -2.16. The van der Waals surface area contributed by atoms with Crippen LogP contribution in [0, 0.1) is 25.7 Å². The molecule has 4 rings (SSSR count). The van der Waals surface area contributed by atoms with Gasteiger partial charge in [-0.15, -0.1) is 0 Å². The van der Waals surface area contributed by atoms with Gasteiger partial charge in [-0.05, 0) is 57.0 Å². The van der Waals surface area contributed by atoms with Crippen LogP contribution in [0.15, 0.2) is 48.6 Å². The van der Waals surface area contributed by atoms with Gasteiger partial charge in [0.25, 0.3) is 5.91 Å². The second-order valence-corrected chi connectivity index (χ2v) is 7.11. The van der Waals surface area contributed by atoms with E-state index in [9.17, 15) is 14.4 Å². The molecular formula is C21H21N3O3. The fraction of sp³-hybridized carbons (Fsp3) is 0.286. The smallest absolute Gasteiger partial charge is 0.270 e. The number of aryl methyl sites for hydroxylation is 2. The van der Waals surface area contributed by atoms with Crippen LogP contribution in [0.1, 0.15) is 34.6 Å². The Kier molecular flexibility index (Phi) is 4.18. The van der Waals surface area contributed by atoms with E-state index in [4.69, 9.17) is 0 Å². The first-order valence-electron chi connectivity index (χ1n) is 9.06. The van der Waals surface area contributed by atoms with E-state index in [0.717, 1.165) is 11.4 Å². The summed E-state index contributed by atoms with van der Waals surface area (Å²) in [5.74, 6) is -1.22. The first-order valence-corrected chi connectivity index (χ1v) is 9.06.